The number of rotatable bonds is 8. The second-order valence-corrected chi connectivity index (χ2v) is 8.73. The number of hydrogen-bond acceptors (Lipinski definition) is 7. The maximum Gasteiger partial charge on any atom is 0.254 e. The first-order chi connectivity index (χ1) is 15.5. The fourth-order valence-corrected chi connectivity index (χ4v) is 4.85. The zero-order valence-corrected chi connectivity index (χ0v) is 19.5. The van der Waals surface area contributed by atoms with Gasteiger partial charge in [-0.3, -0.25) is 4.79 Å². The number of benzene rings is 1. The number of hydrogen-bond donors (Lipinski definition) is 1. The van der Waals surface area contributed by atoms with Gasteiger partial charge in [0.15, 0.2) is 0 Å². The Hall–Kier alpha value is -3.00. The average molecular weight is 454 g/mol. The molecule has 4 rings (SSSR count). The van der Waals surface area contributed by atoms with E-state index in [1.807, 2.05) is 39.8 Å². The number of fused-ring (bicyclic) bond motifs is 1. The van der Waals surface area contributed by atoms with Crippen molar-refractivity contribution in [3.05, 3.63) is 64.2 Å². The van der Waals surface area contributed by atoms with Crippen molar-refractivity contribution < 1.29 is 18.8 Å². The van der Waals surface area contributed by atoms with Crippen LogP contribution < -0.4 is 14.8 Å². The summed E-state index contributed by atoms with van der Waals surface area (Å²) >= 11 is 1.49. The summed E-state index contributed by atoms with van der Waals surface area (Å²) in [6.07, 6.45) is 2.71. The lowest BCUT2D eigenvalue weighted by Gasteiger charge is -2.14. The molecule has 0 radical (unpaired) electrons. The van der Waals surface area contributed by atoms with E-state index in [1.54, 1.807) is 18.3 Å². The molecule has 0 spiro atoms. The van der Waals surface area contributed by atoms with E-state index in [0.717, 1.165) is 46.1 Å². The third-order valence-corrected chi connectivity index (χ3v) is 6.40. The first kappa shape index (κ1) is 22.2. The van der Waals surface area contributed by atoms with Crippen LogP contribution in [-0.2, 0) is 18.7 Å². The van der Waals surface area contributed by atoms with Crippen molar-refractivity contribution in [2.45, 2.75) is 57.5 Å². The molecule has 0 saturated heterocycles. The maximum absolute atomic E-state index is 13.0. The Morgan fingerprint density at radius 3 is 2.94 bits per heavy atom. The van der Waals surface area contributed by atoms with Crippen LogP contribution in [0.5, 0.6) is 11.5 Å². The summed E-state index contributed by atoms with van der Waals surface area (Å²) < 4.78 is 16.9. The number of nitrogens with one attached hydrogen (secondary N) is 1. The van der Waals surface area contributed by atoms with Crippen LogP contribution in [0.2, 0.25) is 0 Å². The molecule has 0 fully saturated rings. The molecule has 168 valence electrons. The molecule has 0 aliphatic carbocycles. The second-order valence-electron chi connectivity index (χ2n) is 7.76. The van der Waals surface area contributed by atoms with Crippen LogP contribution >= 0.6 is 11.8 Å². The van der Waals surface area contributed by atoms with Crippen LogP contribution in [0.4, 0.5) is 0 Å². The number of thioether (sulfide) groups is 1. The van der Waals surface area contributed by atoms with Crippen LogP contribution in [0.25, 0.3) is 0 Å². The number of aryl methyl sites for hydroxylation is 2. The summed E-state index contributed by atoms with van der Waals surface area (Å²) in [5.74, 6) is 2.88. The quantitative estimate of drug-likeness (QED) is 0.498. The standard InChI is InChI=1S/C24H27N3O4S/c1-5-29-21-10-17-9-14(2)30-22(17)11-18(21)12-26-23(28)19-7-6-8-25-24(19)32-13-20-15(3)27-31-16(20)4/h6-8,10-11,14H,5,9,12-13H2,1-4H3,(H,26,28). The van der Waals surface area contributed by atoms with Gasteiger partial charge in [-0.1, -0.05) is 5.16 Å². The minimum absolute atomic E-state index is 0.150. The highest BCUT2D eigenvalue weighted by Crippen LogP contribution is 2.35. The van der Waals surface area contributed by atoms with Gasteiger partial charge >= 0.3 is 0 Å². The zero-order chi connectivity index (χ0) is 22.7. The van der Waals surface area contributed by atoms with Gasteiger partial charge in [-0.05, 0) is 52.0 Å². The summed E-state index contributed by atoms with van der Waals surface area (Å²) in [6.45, 7) is 8.69. The molecule has 3 heterocycles. The molecule has 1 aliphatic rings. The van der Waals surface area contributed by atoms with Crippen LogP contribution in [0.3, 0.4) is 0 Å². The fourth-order valence-electron chi connectivity index (χ4n) is 3.71. The molecular weight excluding hydrogens is 426 g/mol. The van der Waals surface area contributed by atoms with Crippen LogP contribution in [-0.4, -0.2) is 28.8 Å². The molecule has 1 aromatic carbocycles. The largest absolute Gasteiger partial charge is 0.494 e. The predicted molar refractivity (Wildman–Crippen MR) is 122 cm³/mol. The Kier molecular flexibility index (Phi) is 6.69. The molecule has 7 nitrogen and oxygen atoms in total. The summed E-state index contributed by atoms with van der Waals surface area (Å²) in [7, 11) is 0. The van der Waals surface area contributed by atoms with E-state index in [0.29, 0.717) is 29.5 Å². The van der Waals surface area contributed by atoms with E-state index in [4.69, 9.17) is 14.0 Å². The highest BCUT2D eigenvalue weighted by molar-refractivity contribution is 7.98. The summed E-state index contributed by atoms with van der Waals surface area (Å²) in [6, 6.07) is 7.55. The number of carbonyl (C=O) groups excluding carboxylic acids is 1. The topological polar surface area (TPSA) is 86.5 Å². The maximum atomic E-state index is 13.0. The van der Waals surface area contributed by atoms with Gasteiger partial charge in [-0.2, -0.15) is 0 Å². The summed E-state index contributed by atoms with van der Waals surface area (Å²) in [5, 5.41) is 7.67. The van der Waals surface area contributed by atoms with Gasteiger partial charge in [-0.15, -0.1) is 11.8 Å². The van der Waals surface area contributed by atoms with Crippen molar-refractivity contribution in [3.8, 4) is 11.5 Å². The van der Waals surface area contributed by atoms with Gasteiger partial charge in [0.05, 0.1) is 17.9 Å². The lowest BCUT2D eigenvalue weighted by atomic mass is 10.1. The zero-order valence-electron chi connectivity index (χ0n) is 18.7. The first-order valence-corrected chi connectivity index (χ1v) is 11.7. The minimum Gasteiger partial charge on any atom is -0.494 e. The van der Waals surface area contributed by atoms with E-state index >= 15 is 0 Å². The van der Waals surface area contributed by atoms with E-state index in [2.05, 4.69) is 15.5 Å². The molecule has 8 heteroatoms. The molecule has 3 aromatic rings. The molecule has 2 aromatic heterocycles. The highest BCUT2D eigenvalue weighted by atomic mass is 32.2. The third-order valence-electron chi connectivity index (χ3n) is 5.37. The fraction of sp³-hybridized carbons (Fsp3) is 0.375. The van der Waals surface area contributed by atoms with Crippen molar-refractivity contribution in [2.24, 2.45) is 0 Å². The average Bonchev–Trinajstić information content (AvgIpc) is 3.30. The Morgan fingerprint density at radius 2 is 2.19 bits per heavy atom. The van der Waals surface area contributed by atoms with Gasteiger partial charge < -0.3 is 19.3 Å². The predicted octanol–water partition coefficient (Wildman–Crippen LogP) is 4.63. The summed E-state index contributed by atoms with van der Waals surface area (Å²) in [4.78, 5) is 17.4. The van der Waals surface area contributed by atoms with Crippen LogP contribution in [0, 0.1) is 13.8 Å². The Morgan fingerprint density at radius 1 is 1.34 bits per heavy atom. The Balaban J connectivity index is 1.48. The van der Waals surface area contributed by atoms with E-state index in [-0.39, 0.29) is 12.0 Å². The molecular formula is C24H27N3O4S. The SMILES string of the molecule is CCOc1cc2c(cc1CNC(=O)c1cccnc1SCc1c(C)noc1C)OC(C)C2. The van der Waals surface area contributed by atoms with E-state index < -0.39 is 0 Å². The molecule has 1 unspecified atom stereocenters. The monoisotopic (exact) mass is 453 g/mol. The molecule has 1 N–H and O–H groups in total. The molecule has 32 heavy (non-hydrogen) atoms. The van der Waals surface area contributed by atoms with Crippen molar-refractivity contribution in [1.82, 2.24) is 15.5 Å². The molecule has 0 bridgehead atoms. The van der Waals surface area contributed by atoms with Crippen molar-refractivity contribution >= 4 is 17.7 Å². The minimum atomic E-state index is -0.184. The smallest absolute Gasteiger partial charge is 0.254 e. The van der Waals surface area contributed by atoms with E-state index in [9.17, 15) is 4.79 Å². The second kappa shape index (κ2) is 9.65. The van der Waals surface area contributed by atoms with Gasteiger partial charge in [0, 0.05) is 41.6 Å². The highest BCUT2D eigenvalue weighted by Gasteiger charge is 2.22. The van der Waals surface area contributed by atoms with Crippen LogP contribution in [0.15, 0.2) is 40.0 Å². The molecule has 1 atom stereocenters. The number of aromatic nitrogens is 2. The Labute approximate surface area is 191 Å². The molecule has 1 amide bonds. The van der Waals surface area contributed by atoms with Crippen molar-refractivity contribution in [1.29, 1.82) is 0 Å². The van der Waals surface area contributed by atoms with Gasteiger partial charge in [-0.25, -0.2) is 4.98 Å². The number of nitrogens with zero attached hydrogens (tertiary/aromatic N) is 2. The van der Waals surface area contributed by atoms with Gasteiger partial charge in [0.25, 0.3) is 5.91 Å². The first-order valence-electron chi connectivity index (χ1n) is 10.7. The van der Waals surface area contributed by atoms with Crippen molar-refractivity contribution in [2.75, 3.05) is 6.61 Å². The van der Waals surface area contributed by atoms with Gasteiger partial charge in [0.2, 0.25) is 0 Å². The number of amides is 1. The summed E-state index contributed by atoms with van der Waals surface area (Å²) in [5.41, 5.74) is 4.45. The van der Waals surface area contributed by atoms with Crippen molar-refractivity contribution in [3.63, 3.8) is 0 Å². The molecule has 0 saturated carbocycles. The number of ether oxygens (including phenoxy) is 2. The normalized spacial score (nSPS) is 14.7. The lowest BCUT2D eigenvalue weighted by molar-refractivity contribution is 0.0947. The van der Waals surface area contributed by atoms with E-state index in [1.165, 1.54) is 11.8 Å². The number of carbonyl (C=O) groups is 1. The molecule has 1 aliphatic heterocycles. The number of pyridine rings is 1. The van der Waals surface area contributed by atoms with Gasteiger partial charge in [0.1, 0.15) is 28.4 Å². The lowest BCUT2D eigenvalue weighted by Crippen LogP contribution is -2.24. The van der Waals surface area contributed by atoms with Crippen LogP contribution in [0.1, 0.15) is 52.3 Å². The third kappa shape index (κ3) is 4.75. The Bertz CT molecular complexity index is 1110.